The minimum atomic E-state index is -0.0713. The van der Waals surface area contributed by atoms with E-state index < -0.39 is 0 Å². The first-order valence-electron chi connectivity index (χ1n) is 7.32. The molecule has 1 aromatic carbocycles. The van der Waals surface area contributed by atoms with Gasteiger partial charge in [-0.2, -0.15) is 0 Å². The summed E-state index contributed by atoms with van der Waals surface area (Å²) < 4.78 is 1.77. The number of aryl methyl sites for hydroxylation is 3. The van der Waals surface area contributed by atoms with E-state index in [4.69, 9.17) is 0 Å². The minimum Gasteiger partial charge on any atom is -0.327 e. The van der Waals surface area contributed by atoms with Crippen LogP contribution in [0.25, 0.3) is 10.7 Å². The van der Waals surface area contributed by atoms with Crippen molar-refractivity contribution in [1.29, 1.82) is 0 Å². The molecule has 3 rings (SSSR count). The van der Waals surface area contributed by atoms with Crippen molar-refractivity contribution in [1.82, 2.24) is 14.5 Å². The van der Waals surface area contributed by atoms with Crippen molar-refractivity contribution in [3.63, 3.8) is 0 Å². The smallest absolute Gasteiger partial charge is 0.244 e. The van der Waals surface area contributed by atoms with Crippen LogP contribution < -0.4 is 5.32 Å². The topological polar surface area (TPSA) is 59.8 Å². The van der Waals surface area contributed by atoms with Crippen LogP contribution in [0.5, 0.6) is 0 Å². The number of nitrogens with zero attached hydrogens (tertiary/aromatic N) is 3. The summed E-state index contributed by atoms with van der Waals surface area (Å²) in [5.41, 5.74) is 4.80. The predicted molar refractivity (Wildman–Crippen MR) is 92.6 cm³/mol. The van der Waals surface area contributed by atoms with E-state index in [2.05, 4.69) is 15.3 Å². The zero-order valence-corrected chi connectivity index (χ0v) is 14.1. The molecular weight excluding hydrogens is 308 g/mol. The Morgan fingerprint density at radius 2 is 2.13 bits per heavy atom. The van der Waals surface area contributed by atoms with Crippen molar-refractivity contribution in [2.45, 2.75) is 27.3 Å². The second-order valence-corrected chi connectivity index (χ2v) is 6.45. The fourth-order valence-corrected chi connectivity index (χ4v) is 3.01. The summed E-state index contributed by atoms with van der Waals surface area (Å²) in [5.74, 6) is -0.0713. The Labute approximate surface area is 139 Å². The van der Waals surface area contributed by atoms with Gasteiger partial charge in [-0.15, -0.1) is 11.3 Å². The van der Waals surface area contributed by atoms with Crippen LogP contribution in [0.4, 0.5) is 5.69 Å². The Balaban J connectivity index is 1.69. The molecule has 1 amide bonds. The van der Waals surface area contributed by atoms with Gasteiger partial charge in [-0.3, -0.25) is 4.79 Å². The lowest BCUT2D eigenvalue weighted by Crippen LogP contribution is -2.18. The van der Waals surface area contributed by atoms with Gasteiger partial charge < -0.3 is 9.88 Å². The summed E-state index contributed by atoms with van der Waals surface area (Å²) in [6, 6.07) is 6.01. The minimum absolute atomic E-state index is 0.0713. The molecule has 0 aliphatic carbocycles. The van der Waals surface area contributed by atoms with Crippen molar-refractivity contribution in [2.24, 2.45) is 0 Å². The molecule has 0 saturated heterocycles. The van der Waals surface area contributed by atoms with Crippen LogP contribution in [-0.2, 0) is 11.3 Å². The summed E-state index contributed by atoms with van der Waals surface area (Å²) >= 11 is 1.55. The average molecular weight is 326 g/mol. The molecule has 3 aromatic rings. The summed E-state index contributed by atoms with van der Waals surface area (Å²) in [6.45, 7) is 6.17. The van der Waals surface area contributed by atoms with Crippen molar-refractivity contribution in [3.05, 3.63) is 52.9 Å². The van der Waals surface area contributed by atoms with Crippen molar-refractivity contribution in [2.75, 3.05) is 5.32 Å². The monoisotopic (exact) mass is 326 g/mol. The highest BCUT2D eigenvalue weighted by Crippen LogP contribution is 2.21. The van der Waals surface area contributed by atoms with E-state index in [1.165, 1.54) is 0 Å². The lowest BCUT2D eigenvalue weighted by Gasteiger charge is -2.09. The molecule has 0 spiro atoms. The Bertz CT molecular complexity index is 850. The third kappa shape index (κ3) is 3.65. The van der Waals surface area contributed by atoms with E-state index in [-0.39, 0.29) is 12.5 Å². The molecule has 1 N–H and O–H groups in total. The second-order valence-electron chi connectivity index (χ2n) is 5.59. The number of hydrogen-bond acceptors (Lipinski definition) is 4. The molecule has 0 aliphatic rings. The van der Waals surface area contributed by atoms with Gasteiger partial charge in [-0.25, -0.2) is 9.97 Å². The van der Waals surface area contributed by atoms with Crippen LogP contribution in [0, 0.1) is 20.8 Å². The molecule has 0 aliphatic heterocycles. The summed E-state index contributed by atoms with van der Waals surface area (Å²) in [7, 11) is 0. The van der Waals surface area contributed by atoms with E-state index in [9.17, 15) is 4.79 Å². The highest BCUT2D eigenvalue weighted by atomic mass is 32.1. The Morgan fingerprint density at radius 1 is 1.30 bits per heavy atom. The van der Waals surface area contributed by atoms with E-state index in [1.807, 2.05) is 50.5 Å². The molecule has 0 atom stereocenters. The molecule has 5 nitrogen and oxygen atoms in total. The fraction of sp³-hybridized carbons (Fsp3) is 0.235. The van der Waals surface area contributed by atoms with Gasteiger partial charge in [0, 0.05) is 23.0 Å². The maximum atomic E-state index is 12.2. The van der Waals surface area contributed by atoms with Crippen molar-refractivity contribution in [3.8, 4) is 10.7 Å². The molecule has 6 heteroatoms. The number of aromatic nitrogens is 3. The van der Waals surface area contributed by atoms with Crippen LogP contribution in [0.1, 0.15) is 16.8 Å². The molecule has 0 radical (unpaired) electrons. The Morgan fingerprint density at radius 3 is 2.87 bits per heavy atom. The van der Waals surface area contributed by atoms with Crippen molar-refractivity contribution >= 4 is 22.9 Å². The van der Waals surface area contributed by atoms with Gasteiger partial charge >= 0.3 is 0 Å². The van der Waals surface area contributed by atoms with E-state index in [1.54, 1.807) is 22.2 Å². The number of rotatable bonds is 4. The fourth-order valence-electron chi connectivity index (χ4n) is 2.25. The molecule has 118 valence electrons. The molecular formula is C17H18N4OS. The number of nitrogens with one attached hydrogen (secondary N) is 1. The SMILES string of the molecule is Cc1ccc(C)c(NC(=O)Cn2cnc(-c3nc(C)cs3)c2)c1. The number of anilines is 1. The van der Waals surface area contributed by atoms with E-state index in [0.717, 1.165) is 33.2 Å². The number of hydrogen-bond donors (Lipinski definition) is 1. The Hall–Kier alpha value is -2.47. The van der Waals surface area contributed by atoms with Gasteiger partial charge in [0.25, 0.3) is 0 Å². The van der Waals surface area contributed by atoms with Crippen LogP contribution in [0.2, 0.25) is 0 Å². The summed E-state index contributed by atoms with van der Waals surface area (Å²) in [5, 5.41) is 5.81. The lowest BCUT2D eigenvalue weighted by atomic mass is 10.1. The molecule has 0 fully saturated rings. The van der Waals surface area contributed by atoms with Gasteiger partial charge in [0.05, 0.1) is 6.33 Å². The standard InChI is InChI=1S/C17H18N4OS/c1-11-4-5-12(2)14(6-11)20-16(22)8-21-7-15(18-10-21)17-19-13(3)9-23-17/h4-7,9-10H,8H2,1-3H3,(H,20,22). The summed E-state index contributed by atoms with van der Waals surface area (Å²) in [6.07, 6.45) is 3.51. The number of amides is 1. The average Bonchev–Trinajstić information content (AvgIpc) is 3.12. The van der Waals surface area contributed by atoms with E-state index >= 15 is 0 Å². The molecule has 0 bridgehead atoms. The normalized spacial score (nSPS) is 10.7. The number of thiazole rings is 1. The van der Waals surface area contributed by atoms with Gasteiger partial charge in [0.15, 0.2) is 0 Å². The zero-order valence-electron chi connectivity index (χ0n) is 13.3. The first kappa shape index (κ1) is 15.4. The number of imidazole rings is 1. The van der Waals surface area contributed by atoms with Gasteiger partial charge in [-0.05, 0) is 38.0 Å². The van der Waals surface area contributed by atoms with Gasteiger partial charge in [-0.1, -0.05) is 12.1 Å². The summed E-state index contributed by atoms with van der Waals surface area (Å²) in [4.78, 5) is 20.9. The van der Waals surface area contributed by atoms with E-state index in [0.29, 0.717) is 0 Å². The molecule has 23 heavy (non-hydrogen) atoms. The largest absolute Gasteiger partial charge is 0.327 e. The number of carbonyl (C=O) groups excluding carboxylic acids is 1. The van der Waals surface area contributed by atoms with Gasteiger partial charge in [0.1, 0.15) is 17.2 Å². The maximum Gasteiger partial charge on any atom is 0.244 e. The second kappa shape index (κ2) is 6.34. The van der Waals surface area contributed by atoms with Crippen molar-refractivity contribution < 1.29 is 4.79 Å². The van der Waals surface area contributed by atoms with Crippen LogP contribution in [0.3, 0.4) is 0 Å². The molecule has 0 saturated carbocycles. The molecule has 0 unspecified atom stereocenters. The first-order chi connectivity index (χ1) is 11.0. The lowest BCUT2D eigenvalue weighted by molar-refractivity contribution is -0.116. The number of carbonyl (C=O) groups is 1. The predicted octanol–water partition coefficient (Wildman–Crippen LogP) is 3.57. The third-order valence-electron chi connectivity index (χ3n) is 3.46. The zero-order chi connectivity index (χ0) is 16.4. The first-order valence-corrected chi connectivity index (χ1v) is 8.20. The maximum absolute atomic E-state index is 12.2. The number of benzene rings is 1. The molecule has 2 heterocycles. The third-order valence-corrected chi connectivity index (χ3v) is 4.45. The Kier molecular flexibility index (Phi) is 4.25. The van der Waals surface area contributed by atoms with Crippen LogP contribution in [0.15, 0.2) is 36.1 Å². The van der Waals surface area contributed by atoms with Crippen LogP contribution >= 0.6 is 11.3 Å². The highest BCUT2D eigenvalue weighted by Gasteiger charge is 2.09. The highest BCUT2D eigenvalue weighted by molar-refractivity contribution is 7.13. The van der Waals surface area contributed by atoms with Crippen LogP contribution in [-0.4, -0.2) is 20.4 Å². The molecule has 2 aromatic heterocycles. The quantitative estimate of drug-likeness (QED) is 0.797. The van der Waals surface area contributed by atoms with Gasteiger partial charge in [0.2, 0.25) is 5.91 Å².